The number of halogens is 2. The SMILES string of the molecule is CC[C@H](C)c1nc(Cl)nn1-c1ccc(Cl)cc1. The van der Waals surface area contributed by atoms with Crippen LogP contribution in [0.4, 0.5) is 0 Å². The first-order valence-corrected chi connectivity index (χ1v) is 6.25. The third-order valence-electron chi connectivity index (χ3n) is 2.73. The molecule has 3 nitrogen and oxygen atoms in total. The van der Waals surface area contributed by atoms with E-state index in [4.69, 9.17) is 23.2 Å². The third kappa shape index (κ3) is 2.61. The van der Waals surface area contributed by atoms with Crippen molar-refractivity contribution in [3.8, 4) is 5.69 Å². The highest BCUT2D eigenvalue weighted by Crippen LogP contribution is 2.22. The normalized spacial score (nSPS) is 12.7. The molecule has 1 atom stereocenters. The first kappa shape index (κ1) is 12.4. The zero-order valence-electron chi connectivity index (χ0n) is 9.69. The standard InChI is InChI=1S/C12H13Cl2N3/c1-3-8(2)11-15-12(14)16-17(11)10-6-4-9(13)5-7-10/h4-8H,3H2,1-2H3/t8-/m0/s1. The highest BCUT2D eigenvalue weighted by Gasteiger charge is 2.15. The summed E-state index contributed by atoms with van der Waals surface area (Å²) in [5.41, 5.74) is 0.920. The number of aromatic nitrogens is 3. The summed E-state index contributed by atoms with van der Waals surface area (Å²) >= 11 is 11.7. The van der Waals surface area contributed by atoms with Crippen LogP contribution in [0, 0.1) is 0 Å². The van der Waals surface area contributed by atoms with Crippen LogP contribution in [0.5, 0.6) is 0 Å². The van der Waals surface area contributed by atoms with Gasteiger partial charge in [-0.1, -0.05) is 25.4 Å². The maximum Gasteiger partial charge on any atom is 0.243 e. The van der Waals surface area contributed by atoms with Gasteiger partial charge in [0, 0.05) is 10.9 Å². The molecule has 0 aliphatic heterocycles. The Morgan fingerprint density at radius 1 is 1.24 bits per heavy atom. The molecule has 2 aromatic rings. The van der Waals surface area contributed by atoms with E-state index in [1.54, 1.807) is 4.68 Å². The van der Waals surface area contributed by atoms with Crippen LogP contribution >= 0.6 is 23.2 Å². The highest BCUT2D eigenvalue weighted by molar-refractivity contribution is 6.30. The summed E-state index contributed by atoms with van der Waals surface area (Å²) in [6.45, 7) is 4.21. The van der Waals surface area contributed by atoms with E-state index in [1.807, 2.05) is 24.3 Å². The largest absolute Gasteiger partial charge is 0.243 e. The molecule has 1 heterocycles. The third-order valence-corrected chi connectivity index (χ3v) is 3.14. The summed E-state index contributed by atoms with van der Waals surface area (Å²) in [4.78, 5) is 4.26. The van der Waals surface area contributed by atoms with Crippen molar-refractivity contribution in [3.05, 3.63) is 40.4 Å². The van der Waals surface area contributed by atoms with Gasteiger partial charge in [-0.05, 0) is 42.3 Å². The molecule has 0 saturated carbocycles. The average molecular weight is 270 g/mol. The predicted octanol–water partition coefficient (Wildman–Crippen LogP) is 4.09. The van der Waals surface area contributed by atoms with Crippen LogP contribution in [0.2, 0.25) is 10.3 Å². The lowest BCUT2D eigenvalue weighted by Gasteiger charge is -2.10. The van der Waals surface area contributed by atoms with Crippen LogP contribution in [0.15, 0.2) is 24.3 Å². The number of nitrogens with zero attached hydrogens (tertiary/aromatic N) is 3. The van der Waals surface area contributed by atoms with Crippen molar-refractivity contribution in [2.45, 2.75) is 26.2 Å². The van der Waals surface area contributed by atoms with Crippen LogP contribution in [0.1, 0.15) is 32.0 Å². The van der Waals surface area contributed by atoms with Gasteiger partial charge < -0.3 is 0 Å². The molecule has 0 aliphatic rings. The quantitative estimate of drug-likeness (QED) is 0.841. The van der Waals surface area contributed by atoms with E-state index in [0.717, 1.165) is 17.9 Å². The van der Waals surface area contributed by atoms with E-state index in [2.05, 4.69) is 23.9 Å². The number of hydrogen-bond acceptors (Lipinski definition) is 2. The van der Waals surface area contributed by atoms with Crippen LogP contribution in [0.25, 0.3) is 5.69 Å². The van der Waals surface area contributed by atoms with Crippen molar-refractivity contribution in [2.24, 2.45) is 0 Å². The maximum atomic E-state index is 5.88. The second-order valence-corrected chi connectivity index (χ2v) is 4.71. The molecule has 1 aromatic heterocycles. The van der Waals surface area contributed by atoms with E-state index in [9.17, 15) is 0 Å². The first-order chi connectivity index (χ1) is 8.11. The van der Waals surface area contributed by atoms with Crippen LogP contribution in [-0.4, -0.2) is 14.8 Å². The summed E-state index contributed by atoms with van der Waals surface area (Å²) < 4.78 is 1.77. The zero-order valence-corrected chi connectivity index (χ0v) is 11.2. The molecule has 2 rings (SSSR count). The first-order valence-electron chi connectivity index (χ1n) is 5.50. The van der Waals surface area contributed by atoms with E-state index in [-0.39, 0.29) is 5.28 Å². The Morgan fingerprint density at radius 3 is 2.47 bits per heavy atom. The Morgan fingerprint density at radius 2 is 1.88 bits per heavy atom. The van der Waals surface area contributed by atoms with Gasteiger partial charge in [-0.3, -0.25) is 0 Å². The molecule has 0 amide bonds. The molecule has 0 spiro atoms. The van der Waals surface area contributed by atoms with Gasteiger partial charge in [0.25, 0.3) is 0 Å². The Kier molecular flexibility index (Phi) is 3.69. The molecule has 0 N–H and O–H groups in total. The van der Waals surface area contributed by atoms with Crippen molar-refractivity contribution in [2.75, 3.05) is 0 Å². The number of rotatable bonds is 3. The predicted molar refractivity (Wildman–Crippen MR) is 70.1 cm³/mol. The average Bonchev–Trinajstić information content (AvgIpc) is 2.71. The van der Waals surface area contributed by atoms with E-state index in [1.165, 1.54) is 0 Å². The van der Waals surface area contributed by atoms with E-state index in [0.29, 0.717) is 10.9 Å². The van der Waals surface area contributed by atoms with Crippen molar-refractivity contribution in [1.29, 1.82) is 0 Å². The molecular formula is C12H13Cl2N3. The Bertz CT molecular complexity index is 505. The monoisotopic (exact) mass is 269 g/mol. The molecule has 0 fully saturated rings. The number of benzene rings is 1. The zero-order chi connectivity index (χ0) is 12.4. The van der Waals surface area contributed by atoms with Crippen LogP contribution in [-0.2, 0) is 0 Å². The van der Waals surface area contributed by atoms with Gasteiger partial charge in [-0.15, -0.1) is 5.10 Å². The molecular weight excluding hydrogens is 257 g/mol. The van der Waals surface area contributed by atoms with Gasteiger partial charge in [0.1, 0.15) is 5.82 Å². The minimum absolute atomic E-state index is 0.273. The molecule has 0 unspecified atom stereocenters. The fraction of sp³-hybridized carbons (Fsp3) is 0.333. The Labute approximate surface area is 110 Å². The van der Waals surface area contributed by atoms with Gasteiger partial charge in [0.2, 0.25) is 5.28 Å². The number of hydrogen-bond donors (Lipinski definition) is 0. The lowest BCUT2D eigenvalue weighted by atomic mass is 10.1. The molecule has 0 bridgehead atoms. The minimum Gasteiger partial charge on any atom is -0.216 e. The topological polar surface area (TPSA) is 30.7 Å². The van der Waals surface area contributed by atoms with E-state index >= 15 is 0 Å². The summed E-state index contributed by atoms with van der Waals surface area (Å²) in [6, 6.07) is 7.46. The molecule has 0 aliphatic carbocycles. The summed E-state index contributed by atoms with van der Waals surface area (Å²) in [5, 5.41) is 5.18. The summed E-state index contributed by atoms with van der Waals surface area (Å²) in [5.74, 6) is 1.19. The fourth-order valence-corrected chi connectivity index (χ4v) is 1.86. The van der Waals surface area contributed by atoms with Crippen LogP contribution in [0.3, 0.4) is 0 Å². The van der Waals surface area contributed by atoms with Gasteiger partial charge in [0.15, 0.2) is 0 Å². The fourth-order valence-electron chi connectivity index (χ4n) is 1.57. The van der Waals surface area contributed by atoms with Crippen molar-refractivity contribution < 1.29 is 0 Å². The van der Waals surface area contributed by atoms with Crippen molar-refractivity contribution >= 4 is 23.2 Å². The molecule has 0 radical (unpaired) electrons. The molecule has 17 heavy (non-hydrogen) atoms. The van der Waals surface area contributed by atoms with Crippen molar-refractivity contribution in [3.63, 3.8) is 0 Å². The lowest BCUT2D eigenvalue weighted by Crippen LogP contribution is -2.06. The van der Waals surface area contributed by atoms with Gasteiger partial charge >= 0.3 is 0 Å². The molecule has 5 heteroatoms. The van der Waals surface area contributed by atoms with Gasteiger partial charge in [-0.2, -0.15) is 0 Å². The molecule has 1 aromatic carbocycles. The van der Waals surface area contributed by atoms with E-state index < -0.39 is 0 Å². The Balaban J connectivity index is 2.47. The molecule has 0 saturated heterocycles. The van der Waals surface area contributed by atoms with Crippen molar-refractivity contribution in [1.82, 2.24) is 14.8 Å². The summed E-state index contributed by atoms with van der Waals surface area (Å²) in [6.07, 6.45) is 0.989. The smallest absolute Gasteiger partial charge is 0.216 e. The van der Waals surface area contributed by atoms with Gasteiger partial charge in [-0.25, -0.2) is 9.67 Å². The maximum absolute atomic E-state index is 5.88. The molecule has 90 valence electrons. The summed E-state index contributed by atoms with van der Waals surface area (Å²) in [7, 11) is 0. The van der Waals surface area contributed by atoms with Crippen LogP contribution < -0.4 is 0 Å². The second kappa shape index (κ2) is 5.07. The minimum atomic E-state index is 0.273. The second-order valence-electron chi connectivity index (χ2n) is 3.94. The highest BCUT2D eigenvalue weighted by atomic mass is 35.5. The lowest BCUT2D eigenvalue weighted by molar-refractivity contribution is 0.646. The van der Waals surface area contributed by atoms with Gasteiger partial charge in [0.05, 0.1) is 5.69 Å². The Hall–Kier alpha value is -1.06.